The van der Waals surface area contributed by atoms with Crippen molar-refractivity contribution in [2.24, 2.45) is 0 Å². The van der Waals surface area contributed by atoms with Crippen LogP contribution >= 0.6 is 0 Å². The molecule has 2 aliphatic rings. The summed E-state index contributed by atoms with van der Waals surface area (Å²) < 4.78 is 0. The summed E-state index contributed by atoms with van der Waals surface area (Å²) in [5, 5.41) is 9.85. The Morgan fingerprint density at radius 3 is 2.67 bits per heavy atom. The summed E-state index contributed by atoms with van der Waals surface area (Å²) in [6, 6.07) is 11.8. The van der Waals surface area contributed by atoms with Crippen LogP contribution in [-0.4, -0.2) is 20.1 Å². The number of benzene rings is 1. The van der Waals surface area contributed by atoms with Gasteiger partial charge in [0, 0.05) is 12.0 Å². The lowest BCUT2D eigenvalue weighted by atomic mass is 10.1. The third-order valence-electron chi connectivity index (χ3n) is 2.90. The summed E-state index contributed by atoms with van der Waals surface area (Å²) in [6.07, 6.45) is 0.745. The Morgan fingerprint density at radius 2 is 1.94 bits per heavy atom. The number of H-pyrrole nitrogens is 1. The molecule has 2 heterocycles. The van der Waals surface area contributed by atoms with Gasteiger partial charge in [0.05, 0.1) is 11.4 Å². The third kappa shape index (κ3) is 1.72. The van der Waals surface area contributed by atoms with Gasteiger partial charge in [-0.25, -0.2) is 4.98 Å². The summed E-state index contributed by atoms with van der Waals surface area (Å²) in [5.74, 6) is 0.745. The van der Waals surface area contributed by atoms with E-state index in [2.05, 4.69) is 15.0 Å². The maximum Gasteiger partial charge on any atom is 0.241 e. The molecule has 0 amide bonds. The summed E-state index contributed by atoms with van der Waals surface area (Å²) in [5.41, 5.74) is 3.20. The van der Waals surface area contributed by atoms with Crippen molar-refractivity contribution in [2.75, 3.05) is 0 Å². The SMILES string of the molecule is CCc1nc(O)c2nc(-c3ccccc3)cc-2[nH]1. The van der Waals surface area contributed by atoms with E-state index >= 15 is 0 Å². The molecule has 0 bridgehead atoms. The Balaban J connectivity index is 2.17. The number of aromatic nitrogens is 3. The van der Waals surface area contributed by atoms with Crippen molar-refractivity contribution in [2.45, 2.75) is 13.3 Å². The van der Waals surface area contributed by atoms with Crippen LogP contribution in [0.15, 0.2) is 36.4 Å². The van der Waals surface area contributed by atoms with Crippen LogP contribution < -0.4 is 0 Å². The molecule has 2 aliphatic heterocycles. The molecule has 2 N–H and O–H groups in total. The maximum atomic E-state index is 9.85. The smallest absolute Gasteiger partial charge is 0.241 e. The van der Waals surface area contributed by atoms with Gasteiger partial charge in [0.15, 0.2) is 0 Å². The second kappa shape index (κ2) is 4.14. The molecule has 0 aromatic heterocycles. The lowest BCUT2D eigenvalue weighted by molar-refractivity contribution is 0.449. The van der Waals surface area contributed by atoms with Gasteiger partial charge in [-0.1, -0.05) is 37.3 Å². The number of nitrogens with one attached hydrogen (secondary N) is 1. The van der Waals surface area contributed by atoms with Crippen LogP contribution in [0.5, 0.6) is 5.88 Å². The van der Waals surface area contributed by atoms with E-state index in [1.807, 2.05) is 43.3 Å². The van der Waals surface area contributed by atoms with Crippen LogP contribution in [0.2, 0.25) is 0 Å². The monoisotopic (exact) mass is 239 g/mol. The number of aromatic hydroxyl groups is 1. The normalized spacial score (nSPS) is 10.9. The van der Waals surface area contributed by atoms with Crippen molar-refractivity contribution < 1.29 is 5.11 Å². The average Bonchev–Trinajstić information content (AvgIpc) is 2.84. The number of aromatic amines is 1. The van der Waals surface area contributed by atoms with Gasteiger partial charge >= 0.3 is 0 Å². The third-order valence-corrected chi connectivity index (χ3v) is 2.90. The largest absolute Gasteiger partial charge is 0.492 e. The number of hydrogen-bond acceptors (Lipinski definition) is 3. The van der Waals surface area contributed by atoms with Crippen molar-refractivity contribution in [1.82, 2.24) is 15.0 Å². The molecule has 0 radical (unpaired) electrons. The van der Waals surface area contributed by atoms with Gasteiger partial charge in [-0.05, 0) is 6.07 Å². The van der Waals surface area contributed by atoms with Crippen molar-refractivity contribution in [1.29, 1.82) is 0 Å². The van der Waals surface area contributed by atoms with Gasteiger partial charge in [0.2, 0.25) is 5.88 Å². The molecule has 90 valence electrons. The van der Waals surface area contributed by atoms with Crippen LogP contribution in [0, 0.1) is 0 Å². The van der Waals surface area contributed by atoms with Crippen LogP contribution in [-0.2, 0) is 6.42 Å². The lowest BCUT2D eigenvalue weighted by Gasteiger charge is -2.03. The molecule has 0 unspecified atom stereocenters. The first-order valence-corrected chi connectivity index (χ1v) is 5.92. The van der Waals surface area contributed by atoms with Crippen LogP contribution in [0.4, 0.5) is 0 Å². The van der Waals surface area contributed by atoms with E-state index in [1.54, 1.807) is 0 Å². The zero-order chi connectivity index (χ0) is 12.5. The fraction of sp³-hybridized carbons (Fsp3) is 0.143. The fourth-order valence-corrected chi connectivity index (χ4v) is 1.97. The van der Waals surface area contributed by atoms with Crippen LogP contribution in [0.1, 0.15) is 12.7 Å². The predicted octanol–water partition coefficient (Wildman–Crippen LogP) is 2.84. The first kappa shape index (κ1) is 10.8. The molecule has 0 saturated carbocycles. The quantitative estimate of drug-likeness (QED) is 0.722. The Morgan fingerprint density at radius 1 is 1.17 bits per heavy atom. The van der Waals surface area contributed by atoms with Gasteiger partial charge in [0.1, 0.15) is 11.5 Å². The molecule has 18 heavy (non-hydrogen) atoms. The highest BCUT2D eigenvalue weighted by atomic mass is 16.3. The van der Waals surface area contributed by atoms with E-state index < -0.39 is 0 Å². The van der Waals surface area contributed by atoms with Gasteiger partial charge in [-0.3, -0.25) is 0 Å². The minimum Gasteiger partial charge on any atom is -0.492 e. The van der Waals surface area contributed by atoms with E-state index in [1.165, 1.54) is 0 Å². The van der Waals surface area contributed by atoms with E-state index in [0.29, 0.717) is 5.69 Å². The molecule has 4 nitrogen and oxygen atoms in total. The minimum absolute atomic E-state index is 0.0113. The standard InChI is InChI=1S/C14H13N3O/c1-2-12-15-11-8-10(9-6-4-3-5-7-9)16-13(11)14(18)17-12/h3-8,18H,2H2,1H3,(H,15,17). The topological polar surface area (TPSA) is 61.8 Å². The molecule has 0 spiro atoms. The highest BCUT2D eigenvalue weighted by Crippen LogP contribution is 2.32. The molecule has 1 aromatic carbocycles. The summed E-state index contributed by atoms with van der Waals surface area (Å²) in [4.78, 5) is 11.7. The van der Waals surface area contributed by atoms with E-state index in [9.17, 15) is 5.11 Å². The highest BCUT2D eigenvalue weighted by Gasteiger charge is 2.16. The molecule has 0 atom stereocenters. The molecule has 4 heteroatoms. The fourth-order valence-electron chi connectivity index (χ4n) is 1.97. The molecule has 0 fully saturated rings. The Hall–Kier alpha value is -2.36. The van der Waals surface area contributed by atoms with Crippen LogP contribution in [0.25, 0.3) is 22.6 Å². The van der Waals surface area contributed by atoms with E-state index in [4.69, 9.17) is 0 Å². The first-order chi connectivity index (χ1) is 8.78. The second-order valence-corrected chi connectivity index (χ2v) is 4.13. The van der Waals surface area contributed by atoms with Crippen molar-refractivity contribution in [3.8, 4) is 28.5 Å². The molecule has 0 saturated heterocycles. The number of fused-ring (bicyclic) bond motifs is 1. The summed E-state index contributed by atoms with van der Waals surface area (Å²) in [6.45, 7) is 1.98. The zero-order valence-corrected chi connectivity index (χ0v) is 10.0. The van der Waals surface area contributed by atoms with Gasteiger partial charge < -0.3 is 10.1 Å². The highest BCUT2D eigenvalue weighted by molar-refractivity contribution is 5.73. The van der Waals surface area contributed by atoms with E-state index in [-0.39, 0.29) is 5.88 Å². The van der Waals surface area contributed by atoms with Crippen molar-refractivity contribution in [3.05, 3.63) is 42.2 Å². The predicted molar refractivity (Wildman–Crippen MR) is 69.5 cm³/mol. The van der Waals surface area contributed by atoms with E-state index in [0.717, 1.165) is 29.2 Å². The molecule has 3 rings (SSSR count). The molecule has 1 aromatic rings. The lowest BCUT2D eigenvalue weighted by Crippen LogP contribution is -1.95. The Bertz CT molecular complexity index is 646. The molecular formula is C14H13N3O. The average molecular weight is 239 g/mol. The van der Waals surface area contributed by atoms with Gasteiger partial charge in [0.25, 0.3) is 0 Å². The number of rotatable bonds is 2. The van der Waals surface area contributed by atoms with Crippen molar-refractivity contribution >= 4 is 0 Å². The number of hydrogen-bond donors (Lipinski definition) is 2. The van der Waals surface area contributed by atoms with Crippen molar-refractivity contribution in [3.63, 3.8) is 0 Å². The Labute approximate surface area is 105 Å². The molecule has 0 aliphatic carbocycles. The summed E-state index contributed by atoms with van der Waals surface area (Å²) in [7, 11) is 0. The first-order valence-electron chi connectivity index (χ1n) is 5.92. The number of nitrogens with zero attached hydrogens (tertiary/aromatic N) is 2. The zero-order valence-electron chi connectivity index (χ0n) is 10.0. The summed E-state index contributed by atoms with van der Waals surface area (Å²) >= 11 is 0. The molecular weight excluding hydrogens is 226 g/mol. The van der Waals surface area contributed by atoms with Gasteiger partial charge in [-0.15, -0.1) is 0 Å². The van der Waals surface area contributed by atoms with Gasteiger partial charge in [-0.2, -0.15) is 4.98 Å². The maximum absolute atomic E-state index is 9.85. The number of aryl methyl sites for hydroxylation is 1. The minimum atomic E-state index is -0.0113. The second-order valence-electron chi connectivity index (χ2n) is 4.13. The Kier molecular flexibility index (Phi) is 2.48. The van der Waals surface area contributed by atoms with Crippen LogP contribution in [0.3, 0.4) is 0 Å².